The van der Waals surface area contributed by atoms with E-state index in [1.165, 1.54) is 4.31 Å². The SMILES string of the molecule is Cc1ccncc1-c1ccc(N(c2ccccc2)[SH](=O)=O)cc1. The molecule has 0 atom stereocenters. The lowest BCUT2D eigenvalue weighted by atomic mass is 10.0. The van der Waals surface area contributed by atoms with Crippen LogP contribution in [0.2, 0.25) is 0 Å². The molecule has 23 heavy (non-hydrogen) atoms. The Balaban J connectivity index is 1.99. The van der Waals surface area contributed by atoms with E-state index < -0.39 is 10.9 Å². The van der Waals surface area contributed by atoms with Crippen LogP contribution >= 0.6 is 0 Å². The number of nitrogens with zero attached hydrogens (tertiary/aromatic N) is 2. The van der Waals surface area contributed by atoms with E-state index in [0.717, 1.165) is 16.7 Å². The molecular formula is C18H16N2O2S. The van der Waals surface area contributed by atoms with E-state index in [1.807, 2.05) is 49.5 Å². The monoisotopic (exact) mass is 324 g/mol. The Morgan fingerprint density at radius 3 is 2.13 bits per heavy atom. The van der Waals surface area contributed by atoms with E-state index in [9.17, 15) is 8.42 Å². The molecule has 116 valence electrons. The van der Waals surface area contributed by atoms with Gasteiger partial charge in [-0.2, -0.15) is 0 Å². The van der Waals surface area contributed by atoms with Crippen molar-refractivity contribution in [3.05, 3.63) is 78.6 Å². The predicted molar refractivity (Wildman–Crippen MR) is 93.3 cm³/mol. The summed E-state index contributed by atoms with van der Waals surface area (Å²) < 4.78 is 24.6. The van der Waals surface area contributed by atoms with Crippen LogP contribution in [0.15, 0.2) is 73.1 Å². The molecule has 1 heterocycles. The van der Waals surface area contributed by atoms with Crippen molar-refractivity contribution in [2.45, 2.75) is 6.92 Å². The van der Waals surface area contributed by atoms with Gasteiger partial charge in [0.25, 0.3) is 0 Å². The third-order valence-corrected chi connectivity index (χ3v) is 4.41. The lowest BCUT2D eigenvalue weighted by Crippen LogP contribution is -2.14. The number of rotatable bonds is 4. The molecule has 1 aromatic heterocycles. The van der Waals surface area contributed by atoms with Gasteiger partial charge < -0.3 is 0 Å². The van der Waals surface area contributed by atoms with Gasteiger partial charge in [-0.15, -0.1) is 0 Å². The van der Waals surface area contributed by atoms with E-state index in [1.54, 1.807) is 30.5 Å². The Morgan fingerprint density at radius 2 is 1.52 bits per heavy atom. The molecule has 2 aromatic carbocycles. The summed E-state index contributed by atoms with van der Waals surface area (Å²) in [6, 6.07) is 18.4. The second-order valence-electron chi connectivity index (χ2n) is 5.12. The van der Waals surface area contributed by atoms with Gasteiger partial charge in [0.1, 0.15) is 0 Å². The molecule has 0 saturated carbocycles. The summed E-state index contributed by atoms with van der Waals surface area (Å²) in [7, 11) is -2.77. The van der Waals surface area contributed by atoms with Crippen LogP contribution in [0, 0.1) is 6.92 Å². The summed E-state index contributed by atoms with van der Waals surface area (Å²) in [6.45, 7) is 2.02. The van der Waals surface area contributed by atoms with Crippen LogP contribution in [0.1, 0.15) is 5.56 Å². The Kier molecular flexibility index (Phi) is 4.39. The average molecular weight is 324 g/mol. The molecule has 0 aliphatic carbocycles. The fourth-order valence-corrected chi connectivity index (χ4v) is 3.10. The molecular weight excluding hydrogens is 308 g/mol. The van der Waals surface area contributed by atoms with Crippen LogP contribution in [0.5, 0.6) is 0 Å². The number of hydrogen-bond donors (Lipinski definition) is 1. The van der Waals surface area contributed by atoms with Crippen LogP contribution in [0.4, 0.5) is 11.4 Å². The highest BCUT2D eigenvalue weighted by atomic mass is 32.2. The first-order chi connectivity index (χ1) is 11.2. The Labute approximate surface area is 137 Å². The average Bonchev–Trinajstić information content (AvgIpc) is 2.57. The zero-order valence-corrected chi connectivity index (χ0v) is 13.5. The fraction of sp³-hybridized carbons (Fsp3) is 0.0556. The molecule has 0 unspecified atom stereocenters. The molecule has 0 aliphatic rings. The number of thiol groups is 1. The second kappa shape index (κ2) is 6.62. The van der Waals surface area contributed by atoms with E-state index >= 15 is 0 Å². The molecule has 0 spiro atoms. The molecule has 5 heteroatoms. The Morgan fingerprint density at radius 1 is 0.870 bits per heavy atom. The summed E-state index contributed by atoms with van der Waals surface area (Å²) in [5.41, 5.74) is 4.40. The zero-order valence-electron chi connectivity index (χ0n) is 12.6. The minimum absolute atomic E-state index is 0.609. The molecule has 0 saturated heterocycles. The molecule has 4 nitrogen and oxygen atoms in total. The van der Waals surface area contributed by atoms with Crippen molar-refractivity contribution in [3.8, 4) is 11.1 Å². The Hall–Kier alpha value is -2.66. The summed E-state index contributed by atoms with van der Waals surface area (Å²) in [5.74, 6) is 0. The van der Waals surface area contributed by atoms with Crippen molar-refractivity contribution in [2.75, 3.05) is 4.31 Å². The third-order valence-electron chi connectivity index (χ3n) is 3.63. The van der Waals surface area contributed by atoms with Gasteiger partial charge in [0, 0.05) is 18.0 Å². The van der Waals surface area contributed by atoms with Crippen LogP contribution < -0.4 is 4.31 Å². The highest BCUT2D eigenvalue weighted by molar-refractivity contribution is 7.74. The molecule has 0 aliphatic heterocycles. The van der Waals surface area contributed by atoms with Gasteiger partial charge in [-0.3, -0.25) is 4.98 Å². The third kappa shape index (κ3) is 3.24. The molecule has 3 rings (SSSR count). The number of hydrogen-bond acceptors (Lipinski definition) is 3. The maximum Gasteiger partial charge on any atom is 0.229 e. The second-order valence-corrected chi connectivity index (χ2v) is 6.00. The molecule has 0 amide bonds. The summed E-state index contributed by atoms with van der Waals surface area (Å²) in [6.07, 6.45) is 3.57. The summed E-state index contributed by atoms with van der Waals surface area (Å²) in [4.78, 5) is 4.15. The van der Waals surface area contributed by atoms with Crippen molar-refractivity contribution in [1.82, 2.24) is 4.98 Å². The van der Waals surface area contributed by atoms with Gasteiger partial charge in [0.2, 0.25) is 10.9 Å². The normalized spacial score (nSPS) is 10.7. The smallest absolute Gasteiger partial charge is 0.229 e. The van der Waals surface area contributed by atoms with Gasteiger partial charge in [-0.25, -0.2) is 12.7 Å². The molecule has 0 radical (unpaired) electrons. The van der Waals surface area contributed by atoms with Crippen LogP contribution in [-0.2, 0) is 10.9 Å². The number of pyridine rings is 1. The van der Waals surface area contributed by atoms with E-state index in [0.29, 0.717) is 11.4 Å². The predicted octanol–water partition coefficient (Wildman–Crippen LogP) is 3.72. The van der Waals surface area contributed by atoms with Gasteiger partial charge in [0.15, 0.2) is 0 Å². The maximum absolute atomic E-state index is 11.7. The number of anilines is 2. The quantitative estimate of drug-likeness (QED) is 0.744. The van der Waals surface area contributed by atoms with Crippen molar-refractivity contribution in [2.24, 2.45) is 0 Å². The zero-order chi connectivity index (χ0) is 16.2. The first-order valence-electron chi connectivity index (χ1n) is 7.17. The number of benzene rings is 2. The van der Waals surface area contributed by atoms with Crippen molar-refractivity contribution in [3.63, 3.8) is 0 Å². The number of aryl methyl sites for hydroxylation is 1. The number of aromatic nitrogens is 1. The first kappa shape index (κ1) is 15.2. The summed E-state index contributed by atoms with van der Waals surface area (Å²) in [5, 5.41) is 0. The van der Waals surface area contributed by atoms with Crippen LogP contribution in [0.3, 0.4) is 0 Å². The van der Waals surface area contributed by atoms with E-state index in [4.69, 9.17) is 0 Å². The Bertz CT molecular complexity index is 867. The summed E-state index contributed by atoms with van der Waals surface area (Å²) >= 11 is 0. The standard InChI is InChI=1S/C18H16N2O2S/c1-14-11-12-19-13-18(14)15-7-9-17(10-8-15)20(23(21)22)16-5-3-2-4-6-16/h2-13,23H,1H3. The molecule has 0 bridgehead atoms. The molecule has 3 aromatic rings. The highest BCUT2D eigenvalue weighted by Gasteiger charge is 2.11. The minimum atomic E-state index is -2.77. The topological polar surface area (TPSA) is 50.3 Å². The largest absolute Gasteiger partial charge is 0.264 e. The minimum Gasteiger partial charge on any atom is -0.264 e. The van der Waals surface area contributed by atoms with Gasteiger partial charge in [0.05, 0.1) is 11.4 Å². The lowest BCUT2D eigenvalue weighted by Gasteiger charge is -2.18. The first-order valence-corrected chi connectivity index (χ1v) is 8.30. The van der Waals surface area contributed by atoms with Gasteiger partial charge in [-0.1, -0.05) is 30.3 Å². The molecule has 0 fully saturated rings. The van der Waals surface area contributed by atoms with Crippen LogP contribution in [-0.4, -0.2) is 13.4 Å². The molecule has 0 N–H and O–H groups in total. The van der Waals surface area contributed by atoms with Crippen LogP contribution in [0.25, 0.3) is 11.1 Å². The van der Waals surface area contributed by atoms with Crippen molar-refractivity contribution < 1.29 is 8.42 Å². The highest BCUT2D eigenvalue weighted by Crippen LogP contribution is 2.29. The fourth-order valence-electron chi connectivity index (χ4n) is 2.46. The number of para-hydroxylation sites is 1. The van der Waals surface area contributed by atoms with E-state index in [-0.39, 0.29) is 0 Å². The van der Waals surface area contributed by atoms with Crippen molar-refractivity contribution in [1.29, 1.82) is 0 Å². The lowest BCUT2D eigenvalue weighted by molar-refractivity contribution is 0.614. The van der Waals surface area contributed by atoms with Gasteiger partial charge >= 0.3 is 0 Å². The van der Waals surface area contributed by atoms with Crippen molar-refractivity contribution >= 4 is 22.3 Å². The maximum atomic E-state index is 11.7. The van der Waals surface area contributed by atoms with E-state index in [2.05, 4.69) is 4.98 Å². The van der Waals surface area contributed by atoms with Gasteiger partial charge in [-0.05, 0) is 48.4 Å².